The number of rotatable bonds is 11. The maximum Gasteiger partial charge on any atom is 0.339 e. The molecule has 0 bridgehead atoms. The van der Waals surface area contributed by atoms with Crippen LogP contribution in [0.3, 0.4) is 0 Å². The van der Waals surface area contributed by atoms with Crippen molar-refractivity contribution in [3.8, 4) is 0 Å². The summed E-state index contributed by atoms with van der Waals surface area (Å²) in [4.78, 5) is 21.1. The van der Waals surface area contributed by atoms with Crippen LogP contribution in [0, 0.1) is 0 Å². The van der Waals surface area contributed by atoms with E-state index in [0.29, 0.717) is 13.1 Å². The molecule has 0 spiro atoms. The number of nitrogens with one attached hydrogen (secondary N) is 1. The lowest BCUT2D eigenvalue weighted by molar-refractivity contribution is 0.367. The molecule has 0 rings (SSSR count). The number of unbranched alkanes of at least 4 members (excludes halogenated alkanes) is 5. The minimum atomic E-state index is -3.89. The molecule has 9 N–H and O–H groups in total. The van der Waals surface area contributed by atoms with Crippen LogP contribution in [0.25, 0.3) is 0 Å². The Labute approximate surface area is 114 Å². The molecule has 19 heavy (non-hydrogen) atoms. The van der Waals surface area contributed by atoms with E-state index in [0.717, 1.165) is 38.5 Å². The van der Waals surface area contributed by atoms with Crippen molar-refractivity contribution in [3.05, 3.63) is 0 Å². The van der Waals surface area contributed by atoms with E-state index in [9.17, 15) is 4.57 Å². The zero-order chi connectivity index (χ0) is 13.9. The third-order valence-electron chi connectivity index (χ3n) is 2.37. The number of aliphatic imine (C=N–C) groups is 1. The van der Waals surface area contributed by atoms with Gasteiger partial charge in [0.1, 0.15) is 0 Å². The molecule has 0 saturated heterocycles. The standard InChI is InChI=1S/C10H25N4O3P.H2O/c11-10(12)14-8-6-4-2-1-3-5-7-13-9-18(15,16)17;/h13H,1-9H2,(H4,11,12,14)(H2,15,16,17);1H2. The second-order valence-corrected chi connectivity index (χ2v) is 5.90. The summed E-state index contributed by atoms with van der Waals surface area (Å²) in [5.41, 5.74) is 10.4. The van der Waals surface area contributed by atoms with E-state index in [2.05, 4.69) is 10.3 Å². The summed E-state index contributed by atoms with van der Waals surface area (Å²) in [6.07, 6.45) is 6.13. The summed E-state index contributed by atoms with van der Waals surface area (Å²) < 4.78 is 10.5. The fourth-order valence-electron chi connectivity index (χ4n) is 1.50. The van der Waals surface area contributed by atoms with E-state index in [1.165, 1.54) is 0 Å². The van der Waals surface area contributed by atoms with E-state index in [-0.39, 0.29) is 17.7 Å². The molecule has 0 aliphatic heterocycles. The van der Waals surface area contributed by atoms with Crippen LogP contribution < -0.4 is 16.8 Å². The van der Waals surface area contributed by atoms with Gasteiger partial charge in [0.15, 0.2) is 5.96 Å². The molecule has 0 aliphatic carbocycles. The van der Waals surface area contributed by atoms with E-state index in [1.807, 2.05) is 0 Å². The fourth-order valence-corrected chi connectivity index (χ4v) is 1.95. The summed E-state index contributed by atoms with van der Waals surface area (Å²) in [6.45, 7) is 1.34. The lowest BCUT2D eigenvalue weighted by atomic mass is 10.1. The zero-order valence-corrected chi connectivity index (χ0v) is 12.1. The zero-order valence-electron chi connectivity index (χ0n) is 11.2. The molecule has 0 aromatic rings. The average molecular weight is 298 g/mol. The molecule has 0 aromatic carbocycles. The monoisotopic (exact) mass is 298 g/mol. The van der Waals surface area contributed by atoms with Crippen LogP contribution in [0.2, 0.25) is 0 Å². The minimum Gasteiger partial charge on any atom is -0.412 e. The molecular weight excluding hydrogens is 271 g/mol. The molecule has 9 heteroatoms. The topological polar surface area (TPSA) is 165 Å². The summed E-state index contributed by atoms with van der Waals surface area (Å²) in [6, 6.07) is 0. The van der Waals surface area contributed by atoms with Gasteiger partial charge in [0.2, 0.25) is 0 Å². The molecule has 8 nitrogen and oxygen atoms in total. The second-order valence-electron chi connectivity index (χ2n) is 4.25. The first-order valence-electron chi connectivity index (χ1n) is 6.22. The SMILES string of the molecule is NC(N)=NCCCCCCCCNCP(=O)(O)O.O. The van der Waals surface area contributed by atoms with E-state index in [1.54, 1.807) is 0 Å². The van der Waals surface area contributed by atoms with Gasteiger partial charge in [-0.2, -0.15) is 0 Å². The van der Waals surface area contributed by atoms with Gasteiger partial charge in [0, 0.05) is 6.54 Å². The third-order valence-corrected chi connectivity index (χ3v) is 3.01. The fraction of sp³-hybridized carbons (Fsp3) is 0.900. The molecule has 116 valence electrons. The number of nitrogens with zero attached hydrogens (tertiary/aromatic N) is 1. The van der Waals surface area contributed by atoms with Gasteiger partial charge in [-0.1, -0.05) is 25.7 Å². The van der Waals surface area contributed by atoms with Crippen molar-refractivity contribution >= 4 is 13.6 Å². The molecule has 0 amide bonds. The van der Waals surface area contributed by atoms with Crippen LogP contribution in [-0.2, 0) is 4.57 Å². The quantitative estimate of drug-likeness (QED) is 0.149. The number of hydrogen-bond acceptors (Lipinski definition) is 3. The second kappa shape index (κ2) is 12.4. The number of hydrogen-bond donors (Lipinski definition) is 5. The first-order valence-corrected chi connectivity index (χ1v) is 8.02. The Morgan fingerprint density at radius 3 is 2.11 bits per heavy atom. The smallest absolute Gasteiger partial charge is 0.339 e. The highest BCUT2D eigenvalue weighted by molar-refractivity contribution is 7.51. The van der Waals surface area contributed by atoms with Gasteiger partial charge < -0.3 is 32.0 Å². The third kappa shape index (κ3) is 19.8. The van der Waals surface area contributed by atoms with Crippen molar-refractivity contribution in [1.82, 2.24) is 5.32 Å². The maximum absolute atomic E-state index is 10.5. The molecule has 0 aliphatic rings. The Hall–Kier alpha value is -0.660. The lowest BCUT2D eigenvalue weighted by Gasteiger charge is -2.05. The van der Waals surface area contributed by atoms with Gasteiger partial charge in [0.05, 0.1) is 6.29 Å². The molecule has 0 unspecified atom stereocenters. The molecule has 0 atom stereocenters. The molecule has 0 aromatic heterocycles. The minimum absolute atomic E-state index is 0. The predicted molar refractivity (Wildman–Crippen MR) is 76.9 cm³/mol. The van der Waals surface area contributed by atoms with E-state index < -0.39 is 7.60 Å². The van der Waals surface area contributed by atoms with E-state index >= 15 is 0 Å². The normalized spacial score (nSPS) is 10.8. The van der Waals surface area contributed by atoms with Crippen molar-refractivity contribution in [1.29, 1.82) is 0 Å². The highest BCUT2D eigenvalue weighted by Gasteiger charge is 2.10. The Bertz CT molecular complexity index is 279. The Morgan fingerprint density at radius 1 is 1.05 bits per heavy atom. The number of guanidine groups is 1. The molecule has 0 saturated carbocycles. The van der Waals surface area contributed by atoms with Gasteiger partial charge >= 0.3 is 7.60 Å². The van der Waals surface area contributed by atoms with Crippen LogP contribution in [0.4, 0.5) is 0 Å². The van der Waals surface area contributed by atoms with Crippen molar-refractivity contribution < 1.29 is 19.8 Å². The van der Waals surface area contributed by atoms with Crippen molar-refractivity contribution in [3.63, 3.8) is 0 Å². The lowest BCUT2D eigenvalue weighted by Crippen LogP contribution is -2.22. The first-order chi connectivity index (χ1) is 8.42. The van der Waals surface area contributed by atoms with Crippen LogP contribution in [0.1, 0.15) is 38.5 Å². The van der Waals surface area contributed by atoms with Gasteiger partial charge in [-0.3, -0.25) is 9.56 Å². The van der Waals surface area contributed by atoms with Gasteiger partial charge in [-0.05, 0) is 19.4 Å². The Kier molecular flexibility index (Phi) is 13.5. The first kappa shape index (κ1) is 20.7. The molecule has 0 fully saturated rings. The summed E-state index contributed by atoms with van der Waals surface area (Å²) in [5.74, 6) is 0.145. The Morgan fingerprint density at radius 2 is 1.58 bits per heavy atom. The van der Waals surface area contributed by atoms with Gasteiger partial charge in [-0.15, -0.1) is 0 Å². The number of nitrogens with two attached hydrogens (primary N) is 2. The van der Waals surface area contributed by atoms with E-state index in [4.69, 9.17) is 21.3 Å². The largest absolute Gasteiger partial charge is 0.412 e. The highest BCUT2D eigenvalue weighted by Crippen LogP contribution is 2.31. The van der Waals surface area contributed by atoms with Crippen LogP contribution in [0.15, 0.2) is 4.99 Å². The summed E-state index contributed by atoms with van der Waals surface area (Å²) >= 11 is 0. The van der Waals surface area contributed by atoms with Crippen molar-refractivity contribution in [2.45, 2.75) is 38.5 Å². The summed E-state index contributed by atoms with van der Waals surface area (Å²) in [7, 11) is -3.89. The van der Waals surface area contributed by atoms with Gasteiger partial charge in [0.25, 0.3) is 0 Å². The van der Waals surface area contributed by atoms with Crippen molar-refractivity contribution in [2.24, 2.45) is 16.5 Å². The maximum atomic E-state index is 10.5. The average Bonchev–Trinajstić information content (AvgIpc) is 2.24. The van der Waals surface area contributed by atoms with Crippen LogP contribution in [-0.4, -0.2) is 40.6 Å². The van der Waals surface area contributed by atoms with Gasteiger partial charge in [-0.25, -0.2) is 0 Å². The van der Waals surface area contributed by atoms with Crippen LogP contribution in [0.5, 0.6) is 0 Å². The molecular formula is C10H27N4O4P. The molecule has 0 heterocycles. The molecule has 0 radical (unpaired) electrons. The Balaban J connectivity index is 0. The van der Waals surface area contributed by atoms with Crippen molar-refractivity contribution in [2.75, 3.05) is 19.4 Å². The summed E-state index contributed by atoms with van der Waals surface area (Å²) in [5, 5.41) is 2.74. The van der Waals surface area contributed by atoms with Crippen LogP contribution >= 0.6 is 7.60 Å². The predicted octanol–water partition coefficient (Wildman–Crippen LogP) is -0.500. The highest BCUT2D eigenvalue weighted by atomic mass is 31.2.